The van der Waals surface area contributed by atoms with Gasteiger partial charge in [0.05, 0.1) is 40.3 Å². The van der Waals surface area contributed by atoms with E-state index < -0.39 is 0 Å². The van der Waals surface area contributed by atoms with Gasteiger partial charge in [-0.3, -0.25) is 0 Å². The van der Waals surface area contributed by atoms with Crippen LogP contribution in [0.4, 0.5) is 0 Å². The monoisotopic (exact) mass is 718 g/mol. The minimum Gasteiger partial charge on any atom is -1.00 e. The van der Waals surface area contributed by atoms with Crippen molar-refractivity contribution in [1.29, 1.82) is 0 Å². The lowest BCUT2D eigenvalue weighted by Gasteiger charge is -2.58. The molecule has 3 saturated carbocycles. The van der Waals surface area contributed by atoms with Gasteiger partial charge in [-0.05, 0) is 115 Å². The first-order chi connectivity index (χ1) is 21.2. The van der Waals surface area contributed by atoms with Crippen LogP contribution in [-0.4, -0.2) is 49.5 Å². The molecule has 4 aliphatic carbocycles. The quantitative estimate of drug-likeness (QED) is 0.114. The van der Waals surface area contributed by atoms with Gasteiger partial charge in [-0.2, -0.15) is 4.73 Å². The Bertz CT molecular complexity index is 1290. The maximum atomic E-state index is 13.4. The first-order valence-electron chi connectivity index (χ1n) is 18.2. The van der Waals surface area contributed by atoms with Crippen LogP contribution >= 0.6 is 12.2 Å². The number of hydrogen-bond donors (Lipinski definition) is 0. The summed E-state index contributed by atoms with van der Waals surface area (Å²) in [6, 6.07) is 3.82. The summed E-state index contributed by atoms with van der Waals surface area (Å²) in [7, 11) is 6.47. The summed E-state index contributed by atoms with van der Waals surface area (Å²) in [5.41, 5.74) is 3.27. The van der Waals surface area contributed by atoms with Gasteiger partial charge in [0.2, 0.25) is 0 Å². The lowest BCUT2D eigenvalue weighted by Crippen LogP contribution is -3.00. The van der Waals surface area contributed by atoms with Crippen LogP contribution in [0.3, 0.4) is 0 Å². The van der Waals surface area contributed by atoms with Crippen LogP contribution in [0, 0.1) is 56.9 Å². The molecule has 0 aromatic carbocycles. The molecule has 1 aromatic rings. The molecule has 0 bridgehead atoms. The number of ether oxygens (including phenoxy) is 1. The lowest BCUT2D eigenvalue weighted by atomic mass is 9.46. The van der Waals surface area contributed by atoms with E-state index in [1.165, 1.54) is 61.7 Å². The second-order valence-corrected chi connectivity index (χ2v) is 17.8. The van der Waals surface area contributed by atoms with Crippen LogP contribution in [-0.2, 0) is 16.1 Å². The second kappa shape index (κ2) is 15.3. The Labute approximate surface area is 296 Å². The summed E-state index contributed by atoms with van der Waals surface area (Å²) in [6.07, 6.45) is 18.1. The van der Waals surface area contributed by atoms with Crippen LogP contribution in [0.5, 0.6) is 0 Å². The first-order valence-corrected chi connectivity index (χ1v) is 18.6. The van der Waals surface area contributed by atoms with Crippen LogP contribution in [0.2, 0.25) is 0 Å². The molecule has 260 valence electrons. The molecule has 5 nitrogen and oxygen atoms in total. The fourth-order valence-electron chi connectivity index (χ4n) is 10.3. The predicted octanol–water partition coefficient (Wildman–Crippen LogP) is 6.06. The number of rotatable bonds is 12. The van der Waals surface area contributed by atoms with E-state index in [1.807, 2.05) is 12.1 Å². The van der Waals surface area contributed by atoms with Gasteiger partial charge in [-0.1, -0.05) is 77.7 Å². The number of hydrogen-bond acceptors (Lipinski definition) is 4. The highest BCUT2D eigenvalue weighted by Crippen LogP contribution is 2.67. The third kappa shape index (κ3) is 8.22. The highest BCUT2D eigenvalue weighted by molar-refractivity contribution is 7.71. The lowest BCUT2D eigenvalue weighted by molar-refractivity contribution is -0.870. The molecule has 7 heteroatoms. The van der Waals surface area contributed by atoms with Gasteiger partial charge in [0.15, 0.2) is 0 Å². The Morgan fingerprint density at radius 3 is 2.52 bits per heavy atom. The molecule has 0 saturated heterocycles. The molecule has 0 aliphatic heterocycles. The number of fused-ring (bicyclic) bond motifs is 5. The second-order valence-electron chi connectivity index (χ2n) is 17.4. The molecule has 0 spiro atoms. The zero-order chi connectivity index (χ0) is 32.6. The summed E-state index contributed by atoms with van der Waals surface area (Å²) in [6.45, 7) is 14.7. The normalized spacial score (nSPS) is 32.9. The van der Waals surface area contributed by atoms with Crippen LogP contribution in [0.15, 0.2) is 30.0 Å². The SMILES string of the molecule is CC(C)CCC[C@@H](C)[C@H]1CCC2C3CC=C4CC(C(=O)On5ccc(COCC[N+](C)(C)C)cc5=S)CC[C@]4(C)C3CC[C@@]21C.[Br-]. The Morgan fingerprint density at radius 1 is 1.07 bits per heavy atom. The van der Waals surface area contributed by atoms with Crippen LogP contribution < -0.4 is 21.8 Å². The van der Waals surface area contributed by atoms with Gasteiger partial charge in [0.25, 0.3) is 0 Å². The van der Waals surface area contributed by atoms with Gasteiger partial charge in [-0.15, -0.1) is 0 Å². The minimum absolute atomic E-state index is 0. The summed E-state index contributed by atoms with van der Waals surface area (Å²) in [4.78, 5) is 19.3. The van der Waals surface area contributed by atoms with Gasteiger partial charge in [-0.25, -0.2) is 4.79 Å². The predicted molar refractivity (Wildman–Crippen MR) is 186 cm³/mol. The van der Waals surface area contributed by atoms with Gasteiger partial charge in [0, 0.05) is 6.20 Å². The van der Waals surface area contributed by atoms with Crippen molar-refractivity contribution >= 4 is 18.2 Å². The molecule has 0 N–H and O–H groups in total. The Morgan fingerprint density at radius 2 is 1.83 bits per heavy atom. The highest BCUT2D eigenvalue weighted by atomic mass is 79.9. The first kappa shape index (κ1) is 37.8. The summed E-state index contributed by atoms with van der Waals surface area (Å²) >= 11 is 5.59. The number of pyridine rings is 1. The molecule has 3 fully saturated rings. The molecule has 1 aromatic heterocycles. The van der Waals surface area contributed by atoms with Crippen molar-refractivity contribution in [3.8, 4) is 0 Å². The van der Waals surface area contributed by atoms with E-state index in [2.05, 4.69) is 61.8 Å². The van der Waals surface area contributed by atoms with Gasteiger partial charge >= 0.3 is 5.97 Å². The van der Waals surface area contributed by atoms with E-state index >= 15 is 0 Å². The molecule has 46 heavy (non-hydrogen) atoms. The number of quaternary nitrogens is 1. The third-order valence-corrected chi connectivity index (χ3v) is 13.2. The van der Waals surface area contributed by atoms with E-state index in [1.54, 1.807) is 6.20 Å². The average molecular weight is 720 g/mol. The van der Waals surface area contributed by atoms with E-state index in [0.717, 1.165) is 71.4 Å². The fourth-order valence-corrected chi connectivity index (χ4v) is 10.5. The molecule has 5 rings (SSSR count). The van der Waals surface area contributed by atoms with Crippen molar-refractivity contribution in [1.82, 2.24) is 4.73 Å². The maximum absolute atomic E-state index is 13.4. The van der Waals surface area contributed by atoms with Crippen molar-refractivity contribution in [2.75, 3.05) is 34.3 Å². The van der Waals surface area contributed by atoms with Crippen molar-refractivity contribution in [2.45, 2.75) is 112 Å². The molecule has 0 radical (unpaired) electrons. The number of likely N-dealkylation sites (N-methyl/N-ethyl adjacent to an activating group) is 1. The number of halogens is 1. The summed E-state index contributed by atoms with van der Waals surface area (Å²) < 4.78 is 8.69. The van der Waals surface area contributed by atoms with E-state index in [0.29, 0.717) is 23.3 Å². The smallest absolute Gasteiger partial charge is 0.336 e. The Hall–Kier alpha value is -1.02. The van der Waals surface area contributed by atoms with Crippen molar-refractivity contribution in [3.05, 3.63) is 40.2 Å². The fraction of sp³-hybridized carbons (Fsp3) is 0.795. The molecular formula is C39H63BrN2O3S. The van der Waals surface area contributed by atoms with Gasteiger partial charge < -0.3 is 31.0 Å². The maximum Gasteiger partial charge on any atom is 0.336 e. The number of nitrogens with zero attached hydrogens (tertiary/aromatic N) is 2. The zero-order valence-electron chi connectivity index (χ0n) is 30.2. The Balaban J connectivity index is 0.00000480. The van der Waals surface area contributed by atoms with Crippen molar-refractivity contribution in [2.24, 2.45) is 52.3 Å². The largest absolute Gasteiger partial charge is 1.00 e. The molecule has 0 amide bonds. The third-order valence-electron chi connectivity index (χ3n) is 13.0. The number of allylic oxidation sites excluding steroid dienone is 2. The number of carbonyl (C=O) groups is 1. The standard InChI is InChI=1S/C39H63N2O3S.BrH/c1-27(2)10-9-11-28(3)33-14-15-34-32-13-12-31-25-30(16-19-38(31,4)35(32)17-20-39(33,34)5)37(42)44-40-21-18-29(24-36(40)45)26-43-23-22-41(6,7)8;/h12,18,21,24,27-28,30,32-35H,9-11,13-17,19-20,22-23,25-26H2,1-8H3;1H/q+1;/p-1/t28-,30?,32?,33-,34?,35?,38+,39-;/m1./s1. The van der Waals surface area contributed by atoms with E-state index in [9.17, 15) is 4.79 Å². The molecule has 4 aliphatic rings. The minimum atomic E-state index is -0.149. The van der Waals surface area contributed by atoms with Crippen LogP contribution in [0.1, 0.15) is 111 Å². The van der Waals surface area contributed by atoms with Crippen LogP contribution in [0.25, 0.3) is 0 Å². The van der Waals surface area contributed by atoms with Gasteiger partial charge in [0.1, 0.15) is 11.2 Å². The number of aromatic nitrogens is 1. The topological polar surface area (TPSA) is 40.5 Å². The van der Waals surface area contributed by atoms with E-state index in [-0.39, 0.29) is 34.3 Å². The molecular weight excluding hydrogens is 656 g/mol. The number of carbonyl (C=O) groups excluding carboxylic acids is 1. The van der Waals surface area contributed by atoms with E-state index in [4.69, 9.17) is 21.8 Å². The summed E-state index contributed by atoms with van der Waals surface area (Å²) in [5, 5.41) is 0. The highest BCUT2D eigenvalue weighted by Gasteiger charge is 2.59. The molecule has 4 unspecified atom stereocenters. The molecule has 8 atom stereocenters. The summed E-state index contributed by atoms with van der Waals surface area (Å²) in [5.74, 6) is 4.73. The van der Waals surface area contributed by atoms with Crippen molar-refractivity contribution < 1.29 is 35.8 Å². The Kier molecular flexibility index (Phi) is 12.5. The van der Waals surface area contributed by atoms with Crippen molar-refractivity contribution in [3.63, 3.8) is 0 Å². The molecule has 1 heterocycles. The zero-order valence-corrected chi connectivity index (χ0v) is 32.6. The average Bonchev–Trinajstić information content (AvgIpc) is 3.33.